The number of amides is 3. The second kappa shape index (κ2) is 8.05. The van der Waals surface area contributed by atoms with Crippen LogP contribution in [0.3, 0.4) is 0 Å². The number of halogens is 3. The van der Waals surface area contributed by atoms with Gasteiger partial charge in [-0.2, -0.15) is 13.2 Å². The first kappa shape index (κ1) is 20.9. The van der Waals surface area contributed by atoms with Crippen molar-refractivity contribution < 1.29 is 27.6 Å². The smallest absolute Gasteiger partial charge is 0.339 e. The van der Waals surface area contributed by atoms with E-state index in [1.807, 2.05) is 0 Å². The number of likely N-dealkylation sites (tertiary alicyclic amines) is 1. The zero-order valence-electron chi connectivity index (χ0n) is 16.4. The van der Waals surface area contributed by atoms with Crippen molar-refractivity contribution in [3.63, 3.8) is 0 Å². The van der Waals surface area contributed by atoms with Crippen LogP contribution in [0.4, 0.5) is 24.5 Å². The second-order valence-electron chi connectivity index (χ2n) is 7.78. The lowest BCUT2D eigenvalue weighted by molar-refractivity contribution is -0.137. The van der Waals surface area contributed by atoms with Crippen molar-refractivity contribution in [1.29, 1.82) is 0 Å². The molecule has 6 nitrogen and oxygen atoms in total. The molecule has 2 fully saturated rings. The van der Waals surface area contributed by atoms with Crippen LogP contribution in [-0.2, 0) is 15.8 Å². The number of hydrogen-bond acceptors (Lipinski definition) is 3. The van der Waals surface area contributed by atoms with Gasteiger partial charge in [0, 0.05) is 35.9 Å². The van der Waals surface area contributed by atoms with Crippen LogP contribution in [0.25, 0.3) is 0 Å². The lowest BCUT2D eigenvalue weighted by Crippen LogP contribution is -2.29. The van der Waals surface area contributed by atoms with Crippen molar-refractivity contribution in [3.8, 4) is 0 Å². The van der Waals surface area contributed by atoms with Crippen LogP contribution in [-0.4, -0.2) is 35.2 Å². The molecule has 2 N–H and O–H groups in total. The third-order valence-electron chi connectivity index (χ3n) is 5.36. The van der Waals surface area contributed by atoms with E-state index in [9.17, 15) is 27.6 Å². The average molecular weight is 431 g/mol. The molecule has 3 amide bonds. The van der Waals surface area contributed by atoms with E-state index in [1.165, 1.54) is 24.3 Å². The highest BCUT2D eigenvalue weighted by Crippen LogP contribution is 2.33. The molecule has 1 atom stereocenters. The number of anilines is 2. The Morgan fingerprint density at radius 1 is 0.968 bits per heavy atom. The van der Waals surface area contributed by atoms with E-state index in [2.05, 4.69) is 10.6 Å². The van der Waals surface area contributed by atoms with Gasteiger partial charge in [-0.15, -0.1) is 0 Å². The normalized spacial score (nSPS) is 18.7. The minimum atomic E-state index is -4.51. The molecule has 2 aromatic carbocycles. The molecule has 162 valence electrons. The number of carbonyl (C=O) groups is 3. The van der Waals surface area contributed by atoms with Crippen molar-refractivity contribution in [1.82, 2.24) is 4.90 Å². The Bertz CT molecular complexity index is 1030. The van der Waals surface area contributed by atoms with Gasteiger partial charge in [0.15, 0.2) is 0 Å². The van der Waals surface area contributed by atoms with Gasteiger partial charge in [-0.05, 0) is 49.2 Å². The van der Waals surface area contributed by atoms with Crippen LogP contribution in [0.2, 0.25) is 0 Å². The molecule has 1 heterocycles. The van der Waals surface area contributed by atoms with Gasteiger partial charge in [0.1, 0.15) is 0 Å². The summed E-state index contributed by atoms with van der Waals surface area (Å²) >= 11 is 0. The third-order valence-corrected chi connectivity index (χ3v) is 5.36. The fourth-order valence-corrected chi connectivity index (χ4v) is 3.61. The van der Waals surface area contributed by atoms with Crippen LogP contribution in [0.5, 0.6) is 0 Å². The molecule has 9 heteroatoms. The number of rotatable bonds is 5. The molecule has 1 aliphatic carbocycles. The van der Waals surface area contributed by atoms with Crippen molar-refractivity contribution in [2.24, 2.45) is 5.92 Å². The van der Waals surface area contributed by atoms with Gasteiger partial charge in [-0.25, -0.2) is 0 Å². The van der Waals surface area contributed by atoms with Gasteiger partial charge >= 0.3 is 6.18 Å². The average Bonchev–Trinajstić information content (AvgIpc) is 3.49. The number of nitrogens with one attached hydrogen (secondary N) is 2. The summed E-state index contributed by atoms with van der Waals surface area (Å²) in [5, 5.41) is 5.16. The second-order valence-corrected chi connectivity index (χ2v) is 7.78. The van der Waals surface area contributed by atoms with Crippen LogP contribution in [0, 0.1) is 5.92 Å². The van der Waals surface area contributed by atoms with Crippen LogP contribution in [0.15, 0.2) is 48.5 Å². The van der Waals surface area contributed by atoms with Crippen molar-refractivity contribution in [2.75, 3.05) is 17.2 Å². The molecule has 4 rings (SSSR count). The van der Waals surface area contributed by atoms with Gasteiger partial charge in [-0.3, -0.25) is 14.4 Å². The Hall–Kier alpha value is -3.36. The van der Waals surface area contributed by atoms with Gasteiger partial charge in [0.05, 0.1) is 11.5 Å². The lowest BCUT2D eigenvalue weighted by atomic mass is 10.1. The van der Waals surface area contributed by atoms with E-state index in [-0.39, 0.29) is 35.5 Å². The summed E-state index contributed by atoms with van der Waals surface area (Å²) in [5.74, 6) is -1.37. The van der Waals surface area contributed by atoms with Gasteiger partial charge in [0.25, 0.3) is 5.91 Å². The highest BCUT2D eigenvalue weighted by atomic mass is 19.4. The van der Waals surface area contributed by atoms with E-state index < -0.39 is 23.6 Å². The van der Waals surface area contributed by atoms with Crippen LogP contribution < -0.4 is 10.6 Å². The number of hydrogen-bond donors (Lipinski definition) is 2. The molecule has 1 saturated carbocycles. The SMILES string of the molecule is O=C(Nc1cccc(C(F)(F)F)c1)c1cccc(NC(=O)[C@@H]2CC(=O)N(C3CC3)C2)c1. The van der Waals surface area contributed by atoms with E-state index >= 15 is 0 Å². The maximum Gasteiger partial charge on any atom is 0.416 e. The summed E-state index contributed by atoms with van der Waals surface area (Å²) in [6, 6.07) is 10.7. The minimum absolute atomic E-state index is 0.0129. The molecule has 2 aromatic rings. The molecule has 0 aromatic heterocycles. The van der Waals surface area contributed by atoms with E-state index in [0.29, 0.717) is 12.2 Å². The summed E-state index contributed by atoms with van der Waals surface area (Å²) in [7, 11) is 0. The lowest BCUT2D eigenvalue weighted by Gasteiger charge is -2.15. The first-order valence-electron chi connectivity index (χ1n) is 9.90. The molecule has 0 spiro atoms. The topological polar surface area (TPSA) is 78.5 Å². The number of nitrogens with zero attached hydrogens (tertiary/aromatic N) is 1. The van der Waals surface area contributed by atoms with E-state index in [1.54, 1.807) is 17.0 Å². The Morgan fingerprint density at radius 2 is 1.65 bits per heavy atom. The third kappa shape index (κ3) is 4.87. The molecule has 0 radical (unpaired) electrons. The standard InChI is InChI=1S/C22H20F3N3O3/c23-22(24,25)15-4-2-6-17(11-15)27-20(30)13-3-1-5-16(9-13)26-21(31)14-10-19(29)28(12-14)18-7-8-18/h1-6,9,11,14,18H,7-8,10,12H2,(H,26,31)(H,27,30)/t14-/m1/s1. The highest BCUT2D eigenvalue weighted by molar-refractivity contribution is 6.05. The minimum Gasteiger partial charge on any atom is -0.339 e. The molecule has 0 bridgehead atoms. The molecule has 2 aliphatic rings. The number of alkyl halides is 3. The molecule has 31 heavy (non-hydrogen) atoms. The largest absolute Gasteiger partial charge is 0.416 e. The maximum absolute atomic E-state index is 12.8. The predicted octanol–water partition coefficient (Wildman–Crippen LogP) is 3.91. The van der Waals surface area contributed by atoms with E-state index in [4.69, 9.17) is 0 Å². The van der Waals surface area contributed by atoms with Gasteiger partial charge in [0.2, 0.25) is 11.8 Å². The first-order valence-corrected chi connectivity index (χ1v) is 9.90. The Balaban J connectivity index is 1.40. The molecule has 0 unspecified atom stereocenters. The number of benzene rings is 2. The van der Waals surface area contributed by atoms with E-state index in [0.717, 1.165) is 25.0 Å². The summed E-state index contributed by atoms with van der Waals surface area (Å²) in [4.78, 5) is 38.8. The molecular weight excluding hydrogens is 411 g/mol. The Labute approximate surface area is 176 Å². The van der Waals surface area contributed by atoms with Crippen LogP contribution >= 0.6 is 0 Å². The predicted molar refractivity (Wildman–Crippen MR) is 107 cm³/mol. The van der Waals surface area contributed by atoms with Crippen LogP contribution in [0.1, 0.15) is 35.2 Å². The van der Waals surface area contributed by atoms with Gasteiger partial charge < -0.3 is 15.5 Å². The summed E-state index contributed by atoms with van der Waals surface area (Å²) in [5.41, 5.74) is -0.298. The zero-order chi connectivity index (χ0) is 22.2. The van der Waals surface area contributed by atoms with Crippen molar-refractivity contribution in [3.05, 3.63) is 59.7 Å². The van der Waals surface area contributed by atoms with Crippen molar-refractivity contribution >= 4 is 29.1 Å². The monoisotopic (exact) mass is 431 g/mol. The Kier molecular flexibility index (Phi) is 5.43. The zero-order valence-corrected chi connectivity index (χ0v) is 16.4. The summed E-state index contributed by atoms with van der Waals surface area (Å²) < 4.78 is 38.5. The number of carbonyl (C=O) groups excluding carboxylic acids is 3. The highest BCUT2D eigenvalue weighted by Gasteiger charge is 2.41. The quantitative estimate of drug-likeness (QED) is 0.754. The Morgan fingerprint density at radius 3 is 2.32 bits per heavy atom. The van der Waals surface area contributed by atoms with Crippen molar-refractivity contribution in [2.45, 2.75) is 31.5 Å². The summed E-state index contributed by atoms with van der Waals surface area (Å²) in [6.07, 6.45) is -2.40. The molecule has 1 saturated heterocycles. The maximum atomic E-state index is 12.8. The fourth-order valence-electron chi connectivity index (χ4n) is 3.61. The molecule has 1 aliphatic heterocycles. The molecular formula is C22H20F3N3O3. The fraction of sp³-hybridized carbons (Fsp3) is 0.318. The van der Waals surface area contributed by atoms with Gasteiger partial charge in [-0.1, -0.05) is 12.1 Å². The summed E-state index contributed by atoms with van der Waals surface area (Å²) in [6.45, 7) is 0.394. The first-order chi connectivity index (χ1) is 14.7.